The molecule has 0 bridgehead atoms. The van der Waals surface area contributed by atoms with E-state index in [0.717, 1.165) is 30.2 Å². The van der Waals surface area contributed by atoms with Gasteiger partial charge in [-0.3, -0.25) is 4.79 Å². The summed E-state index contributed by atoms with van der Waals surface area (Å²) in [6.45, 7) is 11.6. The Morgan fingerprint density at radius 2 is 1.97 bits per heavy atom. The van der Waals surface area contributed by atoms with Crippen LogP contribution in [0.2, 0.25) is 0 Å². The molecule has 0 saturated carbocycles. The SMILES string of the molecule is CCOC(=O)N1CCN(c2ccccn2)CC1C1C(=O)Oc2cc(N(CC)CC)ccc2C1C. The van der Waals surface area contributed by atoms with E-state index in [9.17, 15) is 9.59 Å². The van der Waals surface area contributed by atoms with Crippen molar-refractivity contribution in [3.05, 3.63) is 48.2 Å². The Morgan fingerprint density at radius 1 is 1.18 bits per heavy atom. The molecule has 3 heterocycles. The van der Waals surface area contributed by atoms with Crippen LogP contribution in [0.5, 0.6) is 5.75 Å². The lowest BCUT2D eigenvalue weighted by molar-refractivity contribution is -0.143. The Bertz CT molecular complexity index is 1010. The van der Waals surface area contributed by atoms with E-state index in [1.807, 2.05) is 31.2 Å². The fraction of sp³-hybridized carbons (Fsp3) is 0.500. The van der Waals surface area contributed by atoms with Gasteiger partial charge in [-0.25, -0.2) is 9.78 Å². The zero-order chi connectivity index (χ0) is 24.2. The summed E-state index contributed by atoms with van der Waals surface area (Å²) in [4.78, 5) is 36.8. The summed E-state index contributed by atoms with van der Waals surface area (Å²) >= 11 is 0. The minimum atomic E-state index is -0.511. The number of pyridine rings is 1. The van der Waals surface area contributed by atoms with Crippen LogP contribution in [0.15, 0.2) is 42.6 Å². The van der Waals surface area contributed by atoms with Gasteiger partial charge in [0.25, 0.3) is 0 Å². The Kier molecular flexibility index (Phi) is 7.24. The standard InChI is InChI=1S/C26H34N4O4/c1-5-28(6-2)19-11-12-20-18(4)24(25(31)34-22(20)16-19)21-17-29(23-10-8-9-13-27-23)14-15-30(21)26(32)33-7-3/h8-13,16,18,21,24H,5-7,14-15,17H2,1-4H3. The number of fused-ring (bicyclic) bond motifs is 1. The second kappa shape index (κ2) is 10.3. The third-order valence-corrected chi connectivity index (χ3v) is 6.95. The van der Waals surface area contributed by atoms with Gasteiger partial charge in [0.15, 0.2) is 0 Å². The lowest BCUT2D eigenvalue weighted by Gasteiger charge is -2.46. The van der Waals surface area contributed by atoms with Gasteiger partial charge in [-0.05, 0) is 44.5 Å². The van der Waals surface area contributed by atoms with Crippen LogP contribution in [0.4, 0.5) is 16.3 Å². The maximum atomic E-state index is 13.4. The quantitative estimate of drug-likeness (QED) is 0.472. The average molecular weight is 467 g/mol. The Morgan fingerprint density at radius 3 is 2.65 bits per heavy atom. The van der Waals surface area contributed by atoms with Crippen LogP contribution in [0.25, 0.3) is 0 Å². The lowest BCUT2D eigenvalue weighted by Crippen LogP contribution is -2.61. The molecule has 0 radical (unpaired) electrons. The molecule has 8 heteroatoms. The summed E-state index contributed by atoms with van der Waals surface area (Å²) in [7, 11) is 0. The summed E-state index contributed by atoms with van der Waals surface area (Å²) in [6, 6.07) is 11.5. The first kappa shape index (κ1) is 23.9. The van der Waals surface area contributed by atoms with E-state index in [1.54, 1.807) is 18.0 Å². The summed E-state index contributed by atoms with van der Waals surface area (Å²) in [5.74, 6) is 0.504. The average Bonchev–Trinajstić information content (AvgIpc) is 2.85. The molecule has 2 aromatic rings. The molecule has 1 fully saturated rings. The first-order chi connectivity index (χ1) is 16.5. The highest BCUT2D eigenvalue weighted by Crippen LogP contribution is 2.42. The number of aromatic nitrogens is 1. The molecule has 182 valence electrons. The third-order valence-electron chi connectivity index (χ3n) is 6.95. The van der Waals surface area contributed by atoms with Crippen LogP contribution in [0, 0.1) is 5.92 Å². The predicted octanol–water partition coefficient (Wildman–Crippen LogP) is 3.91. The number of carbonyl (C=O) groups excluding carboxylic acids is 2. The highest BCUT2D eigenvalue weighted by Gasteiger charge is 2.46. The van der Waals surface area contributed by atoms with Crippen molar-refractivity contribution in [1.29, 1.82) is 0 Å². The van der Waals surface area contributed by atoms with Gasteiger partial charge in [-0.1, -0.05) is 19.1 Å². The number of benzene rings is 1. The van der Waals surface area contributed by atoms with Crippen LogP contribution in [0.3, 0.4) is 0 Å². The van der Waals surface area contributed by atoms with Gasteiger partial charge in [0.1, 0.15) is 11.6 Å². The Hall–Kier alpha value is -3.29. The fourth-order valence-electron chi connectivity index (χ4n) is 5.14. The molecule has 1 amide bonds. The predicted molar refractivity (Wildman–Crippen MR) is 132 cm³/mol. The highest BCUT2D eigenvalue weighted by atomic mass is 16.6. The van der Waals surface area contributed by atoms with Crippen molar-refractivity contribution in [2.45, 2.75) is 39.7 Å². The van der Waals surface area contributed by atoms with Crippen LogP contribution >= 0.6 is 0 Å². The lowest BCUT2D eigenvalue weighted by atomic mass is 9.79. The van der Waals surface area contributed by atoms with Crippen molar-refractivity contribution in [3.63, 3.8) is 0 Å². The van der Waals surface area contributed by atoms with Gasteiger partial charge in [-0.2, -0.15) is 0 Å². The number of anilines is 2. The molecule has 8 nitrogen and oxygen atoms in total. The number of rotatable bonds is 6. The zero-order valence-electron chi connectivity index (χ0n) is 20.4. The van der Waals surface area contributed by atoms with Crippen molar-refractivity contribution < 1.29 is 19.1 Å². The molecule has 3 unspecified atom stereocenters. The van der Waals surface area contributed by atoms with E-state index in [4.69, 9.17) is 9.47 Å². The van der Waals surface area contributed by atoms with Crippen LogP contribution in [-0.2, 0) is 9.53 Å². The molecule has 0 spiro atoms. The summed E-state index contributed by atoms with van der Waals surface area (Å²) in [5.41, 5.74) is 2.02. The molecule has 0 N–H and O–H groups in total. The van der Waals surface area contributed by atoms with E-state index < -0.39 is 18.1 Å². The largest absolute Gasteiger partial charge is 0.450 e. The first-order valence-corrected chi connectivity index (χ1v) is 12.2. The number of hydrogen-bond donors (Lipinski definition) is 0. The first-order valence-electron chi connectivity index (χ1n) is 12.2. The molecule has 3 atom stereocenters. The number of ether oxygens (including phenoxy) is 2. The summed E-state index contributed by atoms with van der Waals surface area (Å²) in [6.07, 6.45) is 1.36. The van der Waals surface area contributed by atoms with Gasteiger partial charge in [-0.15, -0.1) is 0 Å². The maximum absolute atomic E-state index is 13.4. The van der Waals surface area contributed by atoms with E-state index in [0.29, 0.717) is 25.4 Å². The van der Waals surface area contributed by atoms with Crippen LogP contribution < -0.4 is 14.5 Å². The molecule has 2 aliphatic rings. The second-order valence-electron chi connectivity index (χ2n) is 8.72. The molecule has 0 aliphatic carbocycles. The number of carbonyl (C=O) groups is 2. The monoisotopic (exact) mass is 466 g/mol. The van der Waals surface area contributed by atoms with Gasteiger partial charge in [0.05, 0.1) is 18.6 Å². The minimum Gasteiger partial charge on any atom is -0.450 e. The Balaban J connectivity index is 1.66. The van der Waals surface area contributed by atoms with Crippen LogP contribution in [-0.4, -0.2) is 67.3 Å². The summed E-state index contributed by atoms with van der Waals surface area (Å²) in [5, 5.41) is 0. The highest BCUT2D eigenvalue weighted by molar-refractivity contribution is 5.82. The molecule has 1 aromatic heterocycles. The smallest absolute Gasteiger partial charge is 0.410 e. The normalized spacial score (nSPS) is 22.1. The molecule has 1 saturated heterocycles. The van der Waals surface area contributed by atoms with E-state index in [2.05, 4.69) is 40.8 Å². The van der Waals surface area contributed by atoms with Crippen molar-refractivity contribution in [2.24, 2.45) is 5.92 Å². The molecule has 34 heavy (non-hydrogen) atoms. The number of nitrogens with zero attached hydrogens (tertiary/aromatic N) is 4. The van der Waals surface area contributed by atoms with Gasteiger partial charge in [0, 0.05) is 56.6 Å². The fourth-order valence-corrected chi connectivity index (χ4v) is 5.14. The molecule has 1 aromatic carbocycles. The molecular weight excluding hydrogens is 432 g/mol. The number of hydrogen-bond acceptors (Lipinski definition) is 7. The number of amides is 1. The van der Waals surface area contributed by atoms with Gasteiger partial charge in [0.2, 0.25) is 0 Å². The van der Waals surface area contributed by atoms with Crippen LogP contribution in [0.1, 0.15) is 39.2 Å². The maximum Gasteiger partial charge on any atom is 0.410 e. The van der Waals surface area contributed by atoms with Gasteiger partial charge < -0.3 is 24.2 Å². The molecular formula is C26H34N4O4. The summed E-state index contributed by atoms with van der Waals surface area (Å²) < 4.78 is 11.2. The van der Waals surface area contributed by atoms with E-state index in [-0.39, 0.29) is 18.5 Å². The number of esters is 1. The second-order valence-corrected chi connectivity index (χ2v) is 8.72. The topological polar surface area (TPSA) is 75.2 Å². The molecule has 2 aliphatic heterocycles. The van der Waals surface area contributed by atoms with Crippen molar-refractivity contribution in [3.8, 4) is 5.75 Å². The van der Waals surface area contributed by atoms with E-state index in [1.165, 1.54) is 0 Å². The van der Waals surface area contributed by atoms with Crippen molar-refractivity contribution in [2.75, 3.05) is 49.1 Å². The molecule has 4 rings (SSSR count). The van der Waals surface area contributed by atoms with E-state index >= 15 is 0 Å². The zero-order valence-corrected chi connectivity index (χ0v) is 20.4. The minimum absolute atomic E-state index is 0.118. The van der Waals surface area contributed by atoms with Crippen molar-refractivity contribution >= 4 is 23.6 Å². The van der Waals surface area contributed by atoms with Crippen molar-refractivity contribution in [1.82, 2.24) is 9.88 Å². The number of piperazine rings is 1. The third kappa shape index (κ3) is 4.54. The van der Waals surface area contributed by atoms with Gasteiger partial charge >= 0.3 is 12.1 Å². The Labute approximate surface area is 201 Å².